The molecule has 0 aliphatic carbocycles. The van der Waals surface area contributed by atoms with Crippen LogP contribution in [0.4, 0.5) is 19.4 Å². The van der Waals surface area contributed by atoms with Crippen LogP contribution in [0.5, 0.6) is 0 Å². The van der Waals surface area contributed by atoms with Crippen LogP contribution in [-0.4, -0.2) is 4.98 Å². The van der Waals surface area contributed by atoms with Crippen LogP contribution in [0.15, 0.2) is 29.2 Å². The number of fused-ring (bicyclic) bond motifs is 1. The molecule has 0 atom stereocenters. The molecule has 1 heterocycles. The first-order valence-electron chi connectivity index (χ1n) is 4.29. The van der Waals surface area contributed by atoms with Gasteiger partial charge in [0.2, 0.25) is 0 Å². The Kier molecular flexibility index (Phi) is 1.67. The van der Waals surface area contributed by atoms with Crippen molar-refractivity contribution in [3.8, 4) is 0 Å². The highest BCUT2D eigenvalue weighted by Gasteiger charge is 2.65. The molecule has 0 amide bonds. The zero-order valence-corrected chi connectivity index (χ0v) is 8.92. The summed E-state index contributed by atoms with van der Waals surface area (Å²) in [5.41, 5.74) is 1.03. The molecule has 0 spiro atoms. The number of benzene rings is 1. The molecule has 0 bridgehead atoms. The van der Waals surface area contributed by atoms with Gasteiger partial charge in [0, 0.05) is 16.6 Å². The average molecular weight is 257 g/mol. The van der Waals surface area contributed by atoms with Crippen LogP contribution in [-0.2, 0) is 0 Å². The number of nitrogens with one attached hydrogen (secondary N) is 1. The van der Waals surface area contributed by atoms with Gasteiger partial charge >= 0.3 is 10.2 Å². The molecule has 0 saturated carbocycles. The van der Waals surface area contributed by atoms with Crippen LogP contribution in [0.3, 0.4) is 0 Å². The van der Waals surface area contributed by atoms with Crippen molar-refractivity contribution in [2.75, 3.05) is 0 Å². The lowest BCUT2D eigenvalue weighted by atomic mass is 10.2. The second-order valence-electron chi connectivity index (χ2n) is 3.67. The Morgan fingerprint density at radius 3 is 2.19 bits per heavy atom. The number of aromatic amines is 1. The van der Waals surface area contributed by atoms with Crippen molar-refractivity contribution in [3.63, 3.8) is 0 Å². The third kappa shape index (κ3) is 1.99. The van der Waals surface area contributed by atoms with E-state index in [4.69, 9.17) is 0 Å². The van der Waals surface area contributed by atoms with Crippen LogP contribution in [0.2, 0.25) is 0 Å². The molecule has 0 aliphatic rings. The second-order valence-corrected chi connectivity index (χ2v) is 6.08. The summed E-state index contributed by atoms with van der Waals surface area (Å²) in [6.07, 6.45) is 0. The SMILES string of the molecule is Cc1cc2cc(S(F)(F)(F)(F)F)ccc2[nH]1. The molecule has 90 valence electrons. The van der Waals surface area contributed by atoms with Crippen LogP contribution in [0, 0.1) is 6.92 Å². The van der Waals surface area contributed by atoms with E-state index >= 15 is 0 Å². The van der Waals surface area contributed by atoms with Gasteiger partial charge in [-0.2, -0.15) is 0 Å². The van der Waals surface area contributed by atoms with Crippen LogP contribution >= 0.6 is 10.2 Å². The van der Waals surface area contributed by atoms with Crippen molar-refractivity contribution in [1.82, 2.24) is 4.98 Å². The van der Waals surface area contributed by atoms with Gasteiger partial charge in [-0.3, -0.25) is 0 Å². The van der Waals surface area contributed by atoms with Crippen molar-refractivity contribution in [2.45, 2.75) is 11.8 Å². The highest BCUT2D eigenvalue weighted by Crippen LogP contribution is 3.02. The predicted molar refractivity (Wildman–Crippen MR) is 54.4 cm³/mol. The minimum absolute atomic E-state index is 0.128. The van der Waals surface area contributed by atoms with E-state index in [1.165, 1.54) is 6.07 Å². The quantitative estimate of drug-likeness (QED) is 0.681. The summed E-state index contributed by atoms with van der Waals surface area (Å²) in [5.74, 6) is 0. The van der Waals surface area contributed by atoms with E-state index in [0.29, 0.717) is 23.3 Å². The van der Waals surface area contributed by atoms with Crippen molar-refractivity contribution in [3.05, 3.63) is 30.0 Å². The maximum atomic E-state index is 12.5. The van der Waals surface area contributed by atoms with Gasteiger partial charge in [0.05, 0.1) is 0 Å². The first kappa shape index (κ1) is 11.3. The number of hydrogen-bond donors (Lipinski definition) is 1. The van der Waals surface area contributed by atoms with Gasteiger partial charge in [-0.15, -0.1) is 0 Å². The van der Waals surface area contributed by atoms with Crippen molar-refractivity contribution in [2.24, 2.45) is 0 Å². The maximum absolute atomic E-state index is 12.5. The van der Waals surface area contributed by atoms with Gasteiger partial charge in [0.25, 0.3) is 0 Å². The Morgan fingerprint density at radius 1 is 1.00 bits per heavy atom. The topological polar surface area (TPSA) is 15.8 Å². The highest BCUT2D eigenvalue weighted by atomic mass is 32.5. The summed E-state index contributed by atoms with van der Waals surface area (Å²) in [7, 11) is -9.56. The molecule has 1 nitrogen and oxygen atoms in total. The number of rotatable bonds is 1. The lowest BCUT2D eigenvalue weighted by Gasteiger charge is -2.40. The summed E-state index contributed by atoms with van der Waals surface area (Å²) < 4.78 is 62.4. The summed E-state index contributed by atoms with van der Waals surface area (Å²) in [6.45, 7) is 1.64. The Labute approximate surface area is 88.0 Å². The Balaban J connectivity index is 2.74. The summed E-state index contributed by atoms with van der Waals surface area (Å²) in [5, 5.41) is 0.128. The lowest BCUT2D eigenvalue weighted by Crippen LogP contribution is -2.05. The Hall–Kier alpha value is -1.24. The molecule has 16 heavy (non-hydrogen) atoms. The van der Waals surface area contributed by atoms with Gasteiger partial charge in [0.15, 0.2) is 0 Å². The van der Waals surface area contributed by atoms with E-state index < -0.39 is 15.1 Å². The van der Waals surface area contributed by atoms with Crippen molar-refractivity contribution < 1.29 is 19.4 Å². The zero-order chi connectivity index (χ0) is 12.3. The lowest BCUT2D eigenvalue weighted by molar-refractivity contribution is 0.364. The third-order valence-electron chi connectivity index (χ3n) is 2.17. The summed E-state index contributed by atoms with van der Waals surface area (Å²) in [6, 6.07) is 3.28. The fourth-order valence-electron chi connectivity index (χ4n) is 1.50. The van der Waals surface area contributed by atoms with Crippen LogP contribution in [0.1, 0.15) is 5.69 Å². The average Bonchev–Trinajstić information content (AvgIpc) is 2.38. The normalized spacial score (nSPS) is 17.1. The van der Waals surface area contributed by atoms with Gasteiger partial charge in [-0.1, -0.05) is 19.4 Å². The van der Waals surface area contributed by atoms with E-state index in [9.17, 15) is 19.4 Å². The van der Waals surface area contributed by atoms with E-state index in [1.807, 2.05) is 0 Å². The standard InChI is InChI=1S/C9H8F5NS/c1-6-4-7-5-8(2-3-9(7)15-6)16(10,11,12,13)14/h2-5,15H,1H3. The fourth-order valence-corrected chi connectivity index (χ4v) is 2.17. The van der Waals surface area contributed by atoms with E-state index in [1.54, 1.807) is 6.92 Å². The molecule has 2 aromatic rings. The van der Waals surface area contributed by atoms with Gasteiger partial charge in [-0.25, -0.2) is 0 Å². The summed E-state index contributed by atoms with van der Waals surface area (Å²) in [4.78, 5) is 0.908. The van der Waals surface area contributed by atoms with E-state index in [-0.39, 0.29) is 5.39 Å². The molecular formula is C9H8F5NS. The zero-order valence-electron chi connectivity index (χ0n) is 8.11. The minimum Gasteiger partial charge on any atom is -0.359 e. The molecule has 2 rings (SSSR count). The second kappa shape index (κ2) is 2.37. The molecule has 0 saturated heterocycles. The third-order valence-corrected chi connectivity index (χ3v) is 3.32. The molecule has 0 unspecified atom stereocenters. The number of H-pyrrole nitrogens is 1. The maximum Gasteiger partial charge on any atom is 0.310 e. The molecule has 0 aliphatic heterocycles. The van der Waals surface area contributed by atoms with Crippen molar-refractivity contribution >= 4 is 21.1 Å². The first-order valence-corrected chi connectivity index (χ1v) is 6.24. The van der Waals surface area contributed by atoms with Crippen molar-refractivity contribution in [1.29, 1.82) is 0 Å². The van der Waals surface area contributed by atoms with E-state index in [2.05, 4.69) is 4.98 Å². The monoisotopic (exact) mass is 257 g/mol. The number of aryl methyl sites for hydroxylation is 1. The molecule has 0 radical (unpaired) electrons. The molecule has 1 N–H and O–H groups in total. The molecule has 1 aromatic carbocycles. The smallest absolute Gasteiger partial charge is 0.310 e. The first-order chi connectivity index (χ1) is 6.95. The number of hydrogen-bond acceptors (Lipinski definition) is 0. The number of halogens is 5. The molecular weight excluding hydrogens is 249 g/mol. The van der Waals surface area contributed by atoms with Gasteiger partial charge in [0.1, 0.15) is 4.90 Å². The Morgan fingerprint density at radius 2 is 1.62 bits per heavy atom. The van der Waals surface area contributed by atoms with Gasteiger partial charge in [-0.05, 0) is 31.2 Å². The largest absolute Gasteiger partial charge is 0.359 e. The fraction of sp³-hybridized carbons (Fsp3) is 0.111. The van der Waals surface area contributed by atoms with E-state index in [0.717, 1.165) is 6.07 Å². The molecule has 7 heteroatoms. The molecule has 0 fully saturated rings. The molecule has 1 aromatic heterocycles. The van der Waals surface area contributed by atoms with Crippen LogP contribution < -0.4 is 0 Å². The Bertz CT molecular complexity index is 568. The highest BCUT2D eigenvalue weighted by molar-refractivity contribution is 8.45. The number of aromatic nitrogens is 1. The minimum atomic E-state index is -9.56. The van der Waals surface area contributed by atoms with Crippen LogP contribution in [0.25, 0.3) is 10.9 Å². The summed E-state index contributed by atoms with van der Waals surface area (Å²) >= 11 is 0. The van der Waals surface area contributed by atoms with Gasteiger partial charge < -0.3 is 4.98 Å². The predicted octanol–water partition coefficient (Wildman–Crippen LogP) is 5.13.